The normalized spacial score (nSPS) is 17.7. The molecule has 1 fully saturated rings. The van der Waals surface area contributed by atoms with E-state index in [1.54, 1.807) is 6.20 Å². The van der Waals surface area contributed by atoms with Gasteiger partial charge in [-0.05, 0) is 67.2 Å². The Morgan fingerprint density at radius 1 is 1.15 bits per heavy atom. The summed E-state index contributed by atoms with van der Waals surface area (Å²) in [5.74, 6) is -0.213. The predicted octanol–water partition coefficient (Wildman–Crippen LogP) is 3.86. The van der Waals surface area contributed by atoms with Gasteiger partial charge in [0.05, 0.1) is 24.9 Å². The smallest absolute Gasteiger partial charge is 0.305 e. The van der Waals surface area contributed by atoms with Crippen molar-refractivity contribution < 1.29 is 9.53 Å². The number of methoxy groups -OCH3 is 1. The molecule has 0 radical (unpaired) electrons. The summed E-state index contributed by atoms with van der Waals surface area (Å²) in [6, 6.07) is 18.4. The van der Waals surface area contributed by atoms with Gasteiger partial charge < -0.3 is 24.4 Å². The summed E-state index contributed by atoms with van der Waals surface area (Å²) in [4.78, 5) is 20.5. The van der Waals surface area contributed by atoms with Gasteiger partial charge in [-0.1, -0.05) is 6.07 Å². The van der Waals surface area contributed by atoms with Crippen LogP contribution in [0.1, 0.15) is 36.3 Å². The number of pyridine rings is 1. The summed E-state index contributed by atoms with van der Waals surface area (Å²) in [7, 11) is 5.48. The fourth-order valence-corrected chi connectivity index (χ4v) is 4.58. The van der Waals surface area contributed by atoms with Crippen LogP contribution in [0.25, 0.3) is 5.69 Å². The van der Waals surface area contributed by atoms with Crippen molar-refractivity contribution in [2.75, 3.05) is 32.6 Å². The number of hydrogen-bond donors (Lipinski definition) is 1. The van der Waals surface area contributed by atoms with E-state index in [-0.39, 0.29) is 18.1 Å². The number of benzene rings is 1. The summed E-state index contributed by atoms with van der Waals surface area (Å²) in [5, 5.41) is 4.14. The first-order valence-corrected chi connectivity index (χ1v) is 11.4. The van der Waals surface area contributed by atoms with Crippen molar-refractivity contribution in [3.05, 3.63) is 78.4 Å². The standard InChI is InChI=1S/C25H29N5O2S/c1-28(2)18-11-13-19(14-12-18)29-16-6-9-21(29)24-23(20-8-4-5-15-26-20)27-25(33)30(24)17-7-10-22(31)32-3/h4-6,8-9,11-16,23-24H,7,10,17H2,1-3H3,(H,27,33). The first kappa shape index (κ1) is 22.8. The summed E-state index contributed by atoms with van der Waals surface area (Å²) >= 11 is 5.74. The quantitative estimate of drug-likeness (QED) is 0.402. The molecule has 7 nitrogen and oxygen atoms in total. The number of ether oxygens (including phenoxy) is 1. The molecule has 0 bridgehead atoms. The third-order valence-electron chi connectivity index (χ3n) is 5.93. The highest BCUT2D eigenvalue weighted by Gasteiger charge is 2.41. The molecule has 1 aromatic carbocycles. The van der Waals surface area contributed by atoms with E-state index in [4.69, 9.17) is 17.0 Å². The number of thiocarbonyl (C=S) groups is 1. The lowest BCUT2D eigenvalue weighted by Gasteiger charge is -2.29. The molecule has 3 aromatic rings. The Morgan fingerprint density at radius 3 is 2.61 bits per heavy atom. The van der Waals surface area contributed by atoms with Crippen LogP contribution in [0, 0.1) is 0 Å². The molecular weight excluding hydrogens is 434 g/mol. The van der Waals surface area contributed by atoms with E-state index in [1.807, 2.05) is 32.3 Å². The number of carbonyl (C=O) groups excluding carboxylic acids is 1. The average molecular weight is 464 g/mol. The Kier molecular flexibility index (Phi) is 6.93. The number of aromatic nitrogens is 2. The Labute approximate surface area is 200 Å². The maximum Gasteiger partial charge on any atom is 0.305 e. The second-order valence-corrected chi connectivity index (χ2v) is 8.60. The molecule has 4 rings (SSSR count). The maximum atomic E-state index is 11.7. The van der Waals surface area contributed by atoms with Gasteiger partial charge in [-0.15, -0.1) is 0 Å². The van der Waals surface area contributed by atoms with E-state index < -0.39 is 0 Å². The molecule has 0 spiro atoms. The van der Waals surface area contributed by atoms with E-state index in [0.717, 1.165) is 22.8 Å². The van der Waals surface area contributed by atoms with Crippen LogP contribution in [0.2, 0.25) is 0 Å². The molecule has 33 heavy (non-hydrogen) atoms. The van der Waals surface area contributed by atoms with Crippen LogP contribution >= 0.6 is 12.2 Å². The van der Waals surface area contributed by atoms with Gasteiger partial charge in [-0.3, -0.25) is 9.78 Å². The van der Waals surface area contributed by atoms with Crippen LogP contribution in [0.4, 0.5) is 5.69 Å². The van der Waals surface area contributed by atoms with Crippen molar-refractivity contribution in [1.82, 2.24) is 19.8 Å². The van der Waals surface area contributed by atoms with Gasteiger partial charge in [-0.2, -0.15) is 0 Å². The topological polar surface area (TPSA) is 62.6 Å². The molecule has 0 aliphatic carbocycles. The number of rotatable bonds is 8. The van der Waals surface area contributed by atoms with Gasteiger partial charge in [0.1, 0.15) is 0 Å². The van der Waals surface area contributed by atoms with Crippen molar-refractivity contribution in [3.63, 3.8) is 0 Å². The lowest BCUT2D eigenvalue weighted by Crippen LogP contribution is -2.31. The number of anilines is 1. The van der Waals surface area contributed by atoms with Crippen LogP contribution in [0.3, 0.4) is 0 Å². The maximum absolute atomic E-state index is 11.7. The van der Waals surface area contributed by atoms with Gasteiger partial charge in [0, 0.05) is 56.5 Å². The lowest BCUT2D eigenvalue weighted by atomic mass is 10.0. The van der Waals surface area contributed by atoms with Crippen molar-refractivity contribution >= 4 is 29.0 Å². The Hall–Kier alpha value is -3.39. The number of hydrogen-bond acceptors (Lipinski definition) is 5. The SMILES string of the molecule is COC(=O)CCCN1C(=S)NC(c2ccccn2)C1c1cccn1-c1ccc(N(C)C)cc1. The first-order chi connectivity index (χ1) is 16.0. The fourth-order valence-electron chi connectivity index (χ4n) is 4.25. The highest BCUT2D eigenvalue weighted by Crippen LogP contribution is 2.39. The minimum absolute atomic E-state index is 0.0754. The number of nitrogens with one attached hydrogen (secondary N) is 1. The van der Waals surface area contributed by atoms with Gasteiger partial charge in [0.2, 0.25) is 0 Å². The first-order valence-electron chi connectivity index (χ1n) is 11.0. The zero-order valence-corrected chi connectivity index (χ0v) is 20.0. The summed E-state index contributed by atoms with van der Waals surface area (Å²) in [5.41, 5.74) is 4.25. The highest BCUT2D eigenvalue weighted by molar-refractivity contribution is 7.80. The molecule has 0 saturated carbocycles. The van der Waals surface area contributed by atoms with E-state index in [9.17, 15) is 4.79 Å². The Morgan fingerprint density at radius 2 is 1.94 bits per heavy atom. The summed E-state index contributed by atoms with van der Waals surface area (Å²) in [6.45, 7) is 0.639. The molecule has 0 amide bonds. The molecular formula is C25H29N5O2S. The van der Waals surface area contributed by atoms with Crippen LogP contribution < -0.4 is 10.2 Å². The van der Waals surface area contributed by atoms with Crippen molar-refractivity contribution in [1.29, 1.82) is 0 Å². The fraction of sp³-hybridized carbons (Fsp3) is 0.320. The third kappa shape index (κ3) is 4.85. The molecule has 2 unspecified atom stereocenters. The number of esters is 1. The van der Waals surface area contributed by atoms with Crippen molar-refractivity contribution in [2.45, 2.75) is 24.9 Å². The van der Waals surface area contributed by atoms with Gasteiger partial charge in [0.15, 0.2) is 5.11 Å². The molecule has 172 valence electrons. The van der Waals surface area contributed by atoms with E-state index in [1.165, 1.54) is 7.11 Å². The minimum atomic E-state index is -0.213. The second-order valence-electron chi connectivity index (χ2n) is 8.21. The van der Waals surface area contributed by atoms with Gasteiger partial charge >= 0.3 is 5.97 Å². The molecule has 1 saturated heterocycles. The molecule has 2 atom stereocenters. The zero-order valence-electron chi connectivity index (χ0n) is 19.1. The lowest BCUT2D eigenvalue weighted by molar-refractivity contribution is -0.140. The Bertz CT molecular complexity index is 1100. The summed E-state index contributed by atoms with van der Waals surface area (Å²) < 4.78 is 7.01. The molecule has 2 aromatic heterocycles. The monoisotopic (exact) mass is 463 g/mol. The number of nitrogens with zero attached hydrogens (tertiary/aromatic N) is 4. The predicted molar refractivity (Wildman–Crippen MR) is 134 cm³/mol. The van der Waals surface area contributed by atoms with Crippen LogP contribution in [0.15, 0.2) is 67.0 Å². The second kappa shape index (κ2) is 10.0. The molecule has 3 heterocycles. The molecule has 1 aliphatic rings. The van der Waals surface area contributed by atoms with Gasteiger partial charge in [0.25, 0.3) is 0 Å². The van der Waals surface area contributed by atoms with Crippen molar-refractivity contribution in [2.24, 2.45) is 0 Å². The average Bonchev–Trinajstić information content (AvgIpc) is 3.44. The molecule has 8 heteroatoms. The zero-order chi connectivity index (χ0) is 23.4. The largest absolute Gasteiger partial charge is 0.469 e. The third-order valence-corrected chi connectivity index (χ3v) is 6.29. The highest BCUT2D eigenvalue weighted by atomic mass is 32.1. The Balaban J connectivity index is 1.70. The van der Waals surface area contributed by atoms with Crippen LogP contribution in [0.5, 0.6) is 0 Å². The van der Waals surface area contributed by atoms with Crippen LogP contribution in [-0.2, 0) is 9.53 Å². The van der Waals surface area contributed by atoms with E-state index in [0.29, 0.717) is 24.5 Å². The van der Waals surface area contributed by atoms with E-state index >= 15 is 0 Å². The van der Waals surface area contributed by atoms with Gasteiger partial charge in [-0.25, -0.2) is 0 Å². The minimum Gasteiger partial charge on any atom is -0.469 e. The number of carbonyl (C=O) groups is 1. The van der Waals surface area contributed by atoms with Crippen LogP contribution in [-0.4, -0.2) is 53.3 Å². The van der Waals surface area contributed by atoms with Crippen molar-refractivity contribution in [3.8, 4) is 5.69 Å². The summed E-state index contributed by atoms with van der Waals surface area (Å²) in [6.07, 6.45) is 4.88. The molecule has 1 aliphatic heterocycles. The van der Waals surface area contributed by atoms with E-state index in [2.05, 4.69) is 67.3 Å². The molecule has 1 N–H and O–H groups in total.